The third kappa shape index (κ3) is 4.97. The fourth-order valence-electron chi connectivity index (χ4n) is 3.96. The number of hydrogen-bond donors (Lipinski definition) is 2. The predicted molar refractivity (Wildman–Crippen MR) is 119 cm³/mol. The first-order valence-electron chi connectivity index (χ1n) is 10.3. The van der Waals surface area contributed by atoms with Crippen molar-refractivity contribution in [3.8, 4) is 0 Å². The smallest absolute Gasteiger partial charge is 0.267 e. The third-order valence-electron chi connectivity index (χ3n) is 5.52. The van der Waals surface area contributed by atoms with Crippen LogP contribution >= 0.6 is 11.6 Å². The minimum absolute atomic E-state index is 0.0263. The fraction of sp³-hybridized carbons (Fsp3) is 0.292. The van der Waals surface area contributed by atoms with Gasteiger partial charge in [-0.05, 0) is 73.1 Å². The molecule has 6 heteroatoms. The average Bonchev–Trinajstić information content (AvgIpc) is 2.76. The summed E-state index contributed by atoms with van der Waals surface area (Å²) in [5.74, 6) is -0.0263. The van der Waals surface area contributed by atoms with Crippen molar-refractivity contribution in [3.05, 3.63) is 91.9 Å². The highest BCUT2D eigenvalue weighted by molar-refractivity contribution is 6.30. The molecule has 5 nitrogen and oxygen atoms in total. The van der Waals surface area contributed by atoms with Crippen molar-refractivity contribution in [1.29, 1.82) is 0 Å². The van der Waals surface area contributed by atoms with Gasteiger partial charge in [-0.15, -0.1) is 0 Å². The molecule has 1 aliphatic carbocycles. The van der Waals surface area contributed by atoms with Crippen LogP contribution in [-0.2, 0) is 30.5 Å². The predicted octanol–water partition coefficient (Wildman–Crippen LogP) is 4.46. The van der Waals surface area contributed by atoms with E-state index >= 15 is 0 Å². The number of nitrogens with one attached hydrogen (secondary N) is 2. The molecule has 0 saturated carbocycles. The summed E-state index contributed by atoms with van der Waals surface area (Å²) in [6.45, 7) is 0. The number of aryl methyl sites for hydroxylation is 1. The Morgan fingerprint density at radius 1 is 1.03 bits per heavy atom. The van der Waals surface area contributed by atoms with Crippen LogP contribution in [-0.4, -0.2) is 16.1 Å². The molecule has 2 aromatic carbocycles. The zero-order chi connectivity index (χ0) is 20.9. The number of benzene rings is 2. The van der Waals surface area contributed by atoms with Crippen LogP contribution in [0.1, 0.15) is 47.2 Å². The summed E-state index contributed by atoms with van der Waals surface area (Å²) in [5.41, 5.74) is 5.76. The molecule has 0 bridgehead atoms. The number of aromatic amines is 1. The maximum Gasteiger partial charge on any atom is 0.267 e. The Labute approximate surface area is 180 Å². The number of rotatable bonds is 6. The fourth-order valence-corrected chi connectivity index (χ4v) is 4.08. The monoisotopic (exact) mass is 421 g/mol. The van der Waals surface area contributed by atoms with Crippen molar-refractivity contribution in [1.82, 2.24) is 10.2 Å². The van der Waals surface area contributed by atoms with Crippen LogP contribution in [0.15, 0.2) is 53.3 Å². The Kier molecular flexibility index (Phi) is 6.29. The molecule has 1 heterocycles. The van der Waals surface area contributed by atoms with Crippen molar-refractivity contribution in [3.63, 3.8) is 0 Å². The summed E-state index contributed by atoms with van der Waals surface area (Å²) in [6.07, 6.45) is 5.57. The molecule has 0 aliphatic heterocycles. The van der Waals surface area contributed by atoms with Crippen LogP contribution in [0.25, 0.3) is 0 Å². The average molecular weight is 422 g/mol. The van der Waals surface area contributed by atoms with Gasteiger partial charge >= 0.3 is 0 Å². The molecule has 1 amide bonds. The first kappa shape index (κ1) is 20.4. The van der Waals surface area contributed by atoms with E-state index in [0.29, 0.717) is 24.3 Å². The molecule has 1 aromatic heterocycles. The quantitative estimate of drug-likeness (QED) is 0.616. The van der Waals surface area contributed by atoms with Crippen LogP contribution in [0.5, 0.6) is 0 Å². The van der Waals surface area contributed by atoms with Gasteiger partial charge in [0.2, 0.25) is 5.91 Å². The van der Waals surface area contributed by atoms with Gasteiger partial charge in [0.15, 0.2) is 0 Å². The van der Waals surface area contributed by atoms with E-state index in [1.54, 1.807) is 0 Å². The van der Waals surface area contributed by atoms with Crippen LogP contribution in [0.3, 0.4) is 0 Å². The largest absolute Gasteiger partial charge is 0.326 e. The first-order chi connectivity index (χ1) is 14.6. The summed E-state index contributed by atoms with van der Waals surface area (Å²) < 4.78 is 0. The van der Waals surface area contributed by atoms with E-state index in [1.165, 1.54) is 0 Å². The Balaban J connectivity index is 1.41. The van der Waals surface area contributed by atoms with Gasteiger partial charge in [0.1, 0.15) is 0 Å². The van der Waals surface area contributed by atoms with Crippen molar-refractivity contribution in [2.75, 3.05) is 5.32 Å². The number of fused-ring (bicyclic) bond motifs is 1. The molecule has 4 rings (SSSR count). The summed E-state index contributed by atoms with van der Waals surface area (Å²) >= 11 is 5.90. The minimum atomic E-state index is -0.0600. The maximum atomic E-state index is 12.4. The molecule has 0 spiro atoms. The highest BCUT2D eigenvalue weighted by atomic mass is 35.5. The molecular formula is C24H24ClN3O2. The van der Waals surface area contributed by atoms with Crippen LogP contribution in [0, 0.1) is 0 Å². The standard InChI is InChI=1S/C24H24ClN3O2/c25-18-11-8-16(9-12-18)10-13-23(29)26-19-5-3-4-17(14-19)15-22-20-6-1-2-7-21(20)24(30)28-27-22/h3-5,8-9,11-12,14H,1-2,6-7,10,13,15H2,(H,26,29)(H,28,30). The Bertz CT molecular complexity index is 1110. The summed E-state index contributed by atoms with van der Waals surface area (Å²) in [6, 6.07) is 15.4. The second-order valence-electron chi connectivity index (χ2n) is 7.72. The van der Waals surface area contributed by atoms with Crippen molar-refractivity contribution in [2.45, 2.75) is 44.9 Å². The molecule has 0 saturated heterocycles. The lowest BCUT2D eigenvalue weighted by Gasteiger charge is -2.17. The molecule has 30 heavy (non-hydrogen) atoms. The van der Waals surface area contributed by atoms with Crippen molar-refractivity contribution >= 4 is 23.2 Å². The second kappa shape index (κ2) is 9.26. The Morgan fingerprint density at radius 3 is 2.60 bits per heavy atom. The summed E-state index contributed by atoms with van der Waals surface area (Å²) in [5, 5.41) is 10.6. The molecule has 0 fully saturated rings. The van der Waals surface area contributed by atoms with Crippen LogP contribution in [0.4, 0.5) is 5.69 Å². The molecule has 0 radical (unpaired) electrons. The third-order valence-corrected chi connectivity index (χ3v) is 5.77. The minimum Gasteiger partial charge on any atom is -0.326 e. The van der Waals surface area contributed by atoms with Gasteiger partial charge in [-0.2, -0.15) is 5.10 Å². The second-order valence-corrected chi connectivity index (χ2v) is 8.15. The number of aromatic nitrogens is 2. The Morgan fingerprint density at radius 2 is 1.80 bits per heavy atom. The van der Waals surface area contributed by atoms with Gasteiger partial charge in [-0.25, -0.2) is 5.10 Å². The molecule has 0 unspecified atom stereocenters. The number of amides is 1. The van der Waals surface area contributed by atoms with E-state index in [9.17, 15) is 9.59 Å². The Hall–Kier alpha value is -2.92. The number of halogens is 1. The van der Waals surface area contributed by atoms with Crippen LogP contribution in [0.2, 0.25) is 5.02 Å². The highest BCUT2D eigenvalue weighted by Crippen LogP contribution is 2.23. The zero-order valence-corrected chi connectivity index (χ0v) is 17.5. The molecular weight excluding hydrogens is 398 g/mol. The van der Waals surface area contributed by atoms with E-state index < -0.39 is 0 Å². The summed E-state index contributed by atoms with van der Waals surface area (Å²) in [7, 11) is 0. The molecule has 0 atom stereocenters. The molecule has 1 aliphatic rings. The number of carbonyl (C=O) groups is 1. The van der Waals surface area contributed by atoms with E-state index in [4.69, 9.17) is 11.6 Å². The number of nitrogens with zero attached hydrogens (tertiary/aromatic N) is 1. The zero-order valence-electron chi connectivity index (χ0n) is 16.7. The number of H-pyrrole nitrogens is 1. The van der Waals surface area contributed by atoms with Crippen LogP contribution < -0.4 is 10.9 Å². The molecule has 3 aromatic rings. The van der Waals surface area contributed by atoms with Gasteiger partial charge in [0, 0.05) is 29.1 Å². The summed E-state index contributed by atoms with van der Waals surface area (Å²) in [4.78, 5) is 24.4. The van der Waals surface area contributed by atoms with Gasteiger partial charge in [-0.3, -0.25) is 9.59 Å². The SMILES string of the molecule is O=C(CCc1ccc(Cl)cc1)Nc1cccc(Cc2n[nH]c(=O)c3c2CCCC3)c1. The molecule has 154 valence electrons. The van der Waals surface area contributed by atoms with E-state index in [-0.39, 0.29) is 11.5 Å². The van der Waals surface area contributed by atoms with E-state index in [0.717, 1.165) is 59.3 Å². The molecule has 2 N–H and O–H groups in total. The number of hydrogen-bond acceptors (Lipinski definition) is 3. The maximum absolute atomic E-state index is 12.4. The lowest BCUT2D eigenvalue weighted by molar-refractivity contribution is -0.116. The van der Waals surface area contributed by atoms with Gasteiger partial charge in [0.05, 0.1) is 5.69 Å². The normalized spacial score (nSPS) is 13.0. The van der Waals surface area contributed by atoms with Crippen molar-refractivity contribution in [2.24, 2.45) is 0 Å². The van der Waals surface area contributed by atoms with E-state index in [2.05, 4.69) is 15.5 Å². The van der Waals surface area contributed by atoms with Gasteiger partial charge < -0.3 is 5.32 Å². The topological polar surface area (TPSA) is 74.8 Å². The first-order valence-corrected chi connectivity index (χ1v) is 10.7. The highest BCUT2D eigenvalue weighted by Gasteiger charge is 2.18. The van der Waals surface area contributed by atoms with Gasteiger partial charge in [-0.1, -0.05) is 35.9 Å². The number of carbonyl (C=O) groups excluding carboxylic acids is 1. The lowest BCUT2D eigenvalue weighted by atomic mass is 9.90. The number of anilines is 1. The lowest BCUT2D eigenvalue weighted by Crippen LogP contribution is -2.23. The van der Waals surface area contributed by atoms with Crippen molar-refractivity contribution < 1.29 is 4.79 Å². The van der Waals surface area contributed by atoms with Gasteiger partial charge in [0.25, 0.3) is 5.56 Å². The van der Waals surface area contributed by atoms with E-state index in [1.807, 2.05) is 48.5 Å².